The van der Waals surface area contributed by atoms with Crippen LogP contribution in [0.3, 0.4) is 0 Å². The summed E-state index contributed by atoms with van der Waals surface area (Å²) in [7, 11) is 1.70. The fourth-order valence-corrected chi connectivity index (χ4v) is 3.02. The molecule has 1 fully saturated rings. The molecule has 0 N–H and O–H groups in total. The summed E-state index contributed by atoms with van der Waals surface area (Å²) in [4.78, 5) is 4.60. The molecule has 0 aliphatic heterocycles. The lowest BCUT2D eigenvalue weighted by atomic mass is 9.97. The molecule has 2 nitrogen and oxygen atoms in total. The molecule has 1 saturated carbocycles. The first-order valence-corrected chi connectivity index (χ1v) is 6.80. The van der Waals surface area contributed by atoms with Crippen LogP contribution in [-0.2, 0) is 0 Å². The van der Waals surface area contributed by atoms with Crippen LogP contribution in [0.15, 0.2) is 24.3 Å². The maximum absolute atomic E-state index is 6.05. The molecule has 0 amide bonds. The predicted octanol–water partition coefficient (Wildman–Crippen LogP) is 4.55. The van der Waals surface area contributed by atoms with Gasteiger partial charge in [-0.25, -0.2) is 4.98 Å². The van der Waals surface area contributed by atoms with Gasteiger partial charge in [-0.3, -0.25) is 0 Å². The van der Waals surface area contributed by atoms with Crippen LogP contribution < -0.4 is 4.74 Å². The van der Waals surface area contributed by atoms with Crippen LogP contribution in [0, 0.1) is 0 Å². The Morgan fingerprint density at radius 1 is 1.22 bits per heavy atom. The molecule has 1 aromatic heterocycles. The Labute approximate surface area is 112 Å². The molecule has 94 valence electrons. The van der Waals surface area contributed by atoms with Crippen molar-refractivity contribution < 1.29 is 4.74 Å². The van der Waals surface area contributed by atoms with E-state index in [2.05, 4.69) is 11.1 Å². The highest BCUT2D eigenvalue weighted by Gasteiger charge is 2.22. The molecule has 1 aliphatic rings. The van der Waals surface area contributed by atoms with Crippen molar-refractivity contribution in [3.05, 3.63) is 34.9 Å². The van der Waals surface area contributed by atoms with Crippen LogP contribution in [0.5, 0.6) is 5.88 Å². The maximum Gasteiger partial charge on any atom is 0.217 e. The molecule has 3 rings (SSSR count). The average Bonchev–Trinajstić information content (AvgIpc) is 2.90. The smallest absolute Gasteiger partial charge is 0.217 e. The van der Waals surface area contributed by atoms with Gasteiger partial charge in [-0.2, -0.15) is 0 Å². The number of hydrogen-bond acceptors (Lipinski definition) is 2. The predicted molar refractivity (Wildman–Crippen MR) is 74.5 cm³/mol. The number of rotatable bonds is 2. The summed E-state index contributed by atoms with van der Waals surface area (Å²) in [6, 6.07) is 7.98. The van der Waals surface area contributed by atoms with Crippen LogP contribution in [0.4, 0.5) is 0 Å². The van der Waals surface area contributed by atoms with Crippen molar-refractivity contribution >= 4 is 22.5 Å². The zero-order chi connectivity index (χ0) is 12.5. The highest BCUT2D eigenvalue weighted by molar-refractivity contribution is 6.31. The van der Waals surface area contributed by atoms with E-state index in [1.54, 1.807) is 7.11 Å². The van der Waals surface area contributed by atoms with E-state index in [1.165, 1.54) is 31.2 Å². The van der Waals surface area contributed by atoms with Gasteiger partial charge in [0.25, 0.3) is 0 Å². The quantitative estimate of drug-likeness (QED) is 0.791. The largest absolute Gasteiger partial charge is 0.481 e. The minimum Gasteiger partial charge on any atom is -0.481 e. The lowest BCUT2D eigenvalue weighted by molar-refractivity contribution is 0.390. The lowest BCUT2D eigenvalue weighted by Gasteiger charge is -2.14. The van der Waals surface area contributed by atoms with E-state index in [9.17, 15) is 0 Å². The molecule has 3 heteroatoms. The van der Waals surface area contributed by atoms with Gasteiger partial charge in [0.1, 0.15) is 0 Å². The van der Waals surface area contributed by atoms with Crippen molar-refractivity contribution in [2.24, 2.45) is 0 Å². The molecular formula is C15H16ClNO. The van der Waals surface area contributed by atoms with Crippen LogP contribution in [-0.4, -0.2) is 12.1 Å². The normalized spacial score (nSPS) is 16.3. The summed E-state index contributed by atoms with van der Waals surface area (Å²) < 4.78 is 5.45. The fourth-order valence-electron chi connectivity index (χ4n) is 2.84. The summed E-state index contributed by atoms with van der Waals surface area (Å²) >= 11 is 6.05. The zero-order valence-electron chi connectivity index (χ0n) is 10.4. The standard InChI is InChI=1S/C15H16ClNO/c1-18-15-13(10-4-2-3-5-10)9-11-8-12(16)6-7-14(11)17-15/h6-10H,2-5H2,1H3. The minimum atomic E-state index is 0.593. The monoisotopic (exact) mass is 261 g/mol. The number of ether oxygens (including phenoxy) is 1. The molecule has 0 bridgehead atoms. The van der Waals surface area contributed by atoms with Crippen LogP contribution in [0.25, 0.3) is 10.9 Å². The molecule has 0 unspecified atom stereocenters. The Kier molecular flexibility index (Phi) is 3.13. The summed E-state index contributed by atoms with van der Waals surface area (Å²) in [6.07, 6.45) is 5.09. The number of methoxy groups -OCH3 is 1. The number of fused-ring (bicyclic) bond motifs is 1. The average molecular weight is 262 g/mol. The van der Waals surface area contributed by atoms with E-state index in [0.717, 1.165) is 21.8 Å². The minimum absolute atomic E-state index is 0.593. The summed E-state index contributed by atoms with van der Waals surface area (Å²) in [5.41, 5.74) is 2.18. The second kappa shape index (κ2) is 4.77. The van der Waals surface area contributed by atoms with E-state index in [-0.39, 0.29) is 0 Å². The number of benzene rings is 1. The third-order valence-electron chi connectivity index (χ3n) is 3.76. The molecule has 0 spiro atoms. The van der Waals surface area contributed by atoms with Crippen molar-refractivity contribution in [3.63, 3.8) is 0 Å². The molecule has 0 radical (unpaired) electrons. The van der Waals surface area contributed by atoms with Gasteiger partial charge in [0.2, 0.25) is 5.88 Å². The Morgan fingerprint density at radius 3 is 2.72 bits per heavy atom. The Balaban J connectivity index is 2.15. The third-order valence-corrected chi connectivity index (χ3v) is 3.99. The van der Waals surface area contributed by atoms with E-state index < -0.39 is 0 Å². The van der Waals surface area contributed by atoms with E-state index >= 15 is 0 Å². The molecule has 0 atom stereocenters. The molecule has 2 aromatic rings. The molecule has 0 saturated heterocycles. The summed E-state index contributed by atoms with van der Waals surface area (Å²) in [6.45, 7) is 0. The lowest BCUT2D eigenvalue weighted by Crippen LogP contribution is -2.00. The summed E-state index contributed by atoms with van der Waals surface area (Å²) in [5, 5.41) is 1.86. The van der Waals surface area contributed by atoms with Gasteiger partial charge >= 0.3 is 0 Å². The zero-order valence-corrected chi connectivity index (χ0v) is 11.2. The molecule has 1 aromatic carbocycles. The van der Waals surface area contributed by atoms with Gasteiger partial charge in [0, 0.05) is 16.0 Å². The number of aromatic nitrogens is 1. The van der Waals surface area contributed by atoms with Gasteiger partial charge in [0.05, 0.1) is 12.6 Å². The summed E-state index contributed by atoms with van der Waals surface area (Å²) in [5.74, 6) is 1.37. The maximum atomic E-state index is 6.05. The van der Waals surface area contributed by atoms with Gasteiger partial charge < -0.3 is 4.74 Å². The molecule has 18 heavy (non-hydrogen) atoms. The van der Waals surface area contributed by atoms with Gasteiger partial charge in [-0.15, -0.1) is 0 Å². The van der Waals surface area contributed by atoms with Gasteiger partial charge in [0.15, 0.2) is 0 Å². The number of nitrogens with zero attached hydrogens (tertiary/aromatic N) is 1. The van der Waals surface area contributed by atoms with Crippen molar-refractivity contribution in [3.8, 4) is 5.88 Å². The highest BCUT2D eigenvalue weighted by Crippen LogP contribution is 2.39. The molecule has 1 aliphatic carbocycles. The Hall–Kier alpha value is -1.28. The van der Waals surface area contributed by atoms with E-state index in [1.807, 2.05) is 18.2 Å². The Morgan fingerprint density at radius 2 is 2.00 bits per heavy atom. The second-order valence-corrected chi connectivity index (χ2v) is 5.34. The number of hydrogen-bond donors (Lipinski definition) is 0. The number of pyridine rings is 1. The van der Waals surface area contributed by atoms with Crippen LogP contribution in [0.2, 0.25) is 5.02 Å². The van der Waals surface area contributed by atoms with Gasteiger partial charge in [-0.05, 0) is 43.0 Å². The van der Waals surface area contributed by atoms with Crippen molar-refractivity contribution in [1.82, 2.24) is 4.98 Å². The molecular weight excluding hydrogens is 246 g/mol. The van der Waals surface area contributed by atoms with Crippen molar-refractivity contribution in [2.45, 2.75) is 31.6 Å². The fraction of sp³-hybridized carbons (Fsp3) is 0.400. The van der Waals surface area contributed by atoms with Crippen molar-refractivity contribution in [2.75, 3.05) is 7.11 Å². The highest BCUT2D eigenvalue weighted by atomic mass is 35.5. The topological polar surface area (TPSA) is 22.1 Å². The first kappa shape index (κ1) is 11.8. The van der Waals surface area contributed by atoms with Crippen LogP contribution in [0.1, 0.15) is 37.2 Å². The SMILES string of the molecule is COc1nc2ccc(Cl)cc2cc1C1CCCC1. The van der Waals surface area contributed by atoms with E-state index in [4.69, 9.17) is 16.3 Å². The Bertz CT molecular complexity index is 576. The van der Waals surface area contributed by atoms with E-state index in [0.29, 0.717) is 5.92 Å². The van der Waals surface area contributed by atoms with Gasteiger partial charge in [-0.1, -0.05) is 24.4 Å². The first-order chi connectivity index (χ1) is 8.78. The first-order valence-electron chi connectivity index (χ1n) is 6.42. The van der Waals surface area contributed by atoms with Crippen molar-refractivity contribution in [1.29, 1.82) is 0 Å². The third kappa shape index (κ3) is 2.05. The second-order valence-electron chi connectivity index (χ2n) is 4.91. The van der Waals surface area contributed by atoms with Crippen LogP contribution >= 0.6 is 11.6 Å². The molecule has 1 heterocycles. The number of halogens is 1.